The number of nitrogens with one attached hydrogen (secondary N) is 3. The summed E-state index contributed by atoms with van der Waals surface area (Å²) in [5.74, 6) is 0.00745. The Morgan fingerprint density at radius 2 is 2.50 bits per heavy atom. The molecule has 0 saturated heterocycles. The predicted molar refractivity (Wildman–Crippen MR) is 53.6 cm³/mol. The van der Waals surface area contributed by atoms with E-state index >= 15 is 0 Å². The zero-order valence-corrected chi connectivity index (χ0v) is 8.34. The van der Waals surface area contributed by atoms with Crippen LogP contribution in [0.3, 0.4) is 0 Å². The Hall–Kier alpha value is -1.36. The molecule has 14 heavy (non-hydrogen) atoms. The highest BCUT2D eigenvalue weighted by atomic mass is 16.1. The first-order valence-corrected chi connectivity index (χ1v) is 4.78. The number of rotatable bonds is 6. The number of carbonyl (C=O) groups excluding carboxylic acids is 1. The Morgan fingerprint density at radius 1 is 1.64 bits per heavy atom. The van der Waals surface area contributed by atoms with Crippen LogP contribution in [0.2, 0.25) is 0 Å². The van der Waals surface area contributed by atoms with Gasteiger partial charge in [0.2, 0.25) is 5.91 Å². The van der Waals surface area contributed by atoms with Crippen LogP contribution in [0, 0.1) is 0 Å². The van der Waals surface area contributed by atoms with Crippen molar-refractivity contribution in [3.8, 4) is 0 Å². The molecule has 0 saturated carbocycles. The number of hydrogen-bond donors (Lipinski definition) is 3. The highest BCUT2D eigenvalue weighted by molar-refractivity contribution is 5.77. The van der Waals surface area contributed by atoms with Crippen LogP contribution >= 0.6 is 0 Å². The van der Waals surface area contributed by atoms with Crippen LogP contribution in [-0.2, 0) is 11.3 Å². The van der Waals surface area contributed by atoms with Crippen molar-refractivity contribution in [3.05, 3.63) is 18.0 Å². The van der Waals surface area contributed by atoms with Crippen LogP contribution in [0.15, 0.2) is 12.3 Å². The molecule has 1 heterocycles. The van der Waals surface area contributed by atoms with Gasteiger partial charge < -0.3 is 10.6 Å². The molecule has 1 rings (SSSR count). The van der Waals surface area contributed by atoms with E-state index in [1.54, 1.807) is 6.20 Å². The summed E-state index contributed by atoms with van der Waals surface area (Å²) in [6.45, 7) is 3.82. The molecule has 0 spiro atoms. The van der Waals surface area contributed by atoms with Crippen LogP contribution in [0.5, 0.6) is 0 Å². The smallest absolute Gasteiger partial charge is 0.234 e. The van der Waals surface area contributed by atoms with Gasteiger partial charge in [0.1, 0.15) is 0 Å². The third kappa shape index (κ3) is 4.04. The summed E-state index contributed by atoms with van der Waals surface area (Å²) >= 11 is 0. The molecule has 0 atom stereocenters. The second-order valence-corrected chi connectivity index (χ2v) is 3.04. The van der Waals surface area contributed by atoms with Crippen molar-refractivity contribution < 1.29 is 4.79 Å². The van der Waals surface area contributed by atoms with Gasteiger partial charge in [-0.2, -0.15) is 5.10 Å². The van der Waals surface area contributed by atoms with Crippen LogP contribution in [0.4, 0.5) is 0 Å². The van der Waals surface area contributed by atoms with Crippen molar-refractivity contribution in [2.24, 2.45) is 0 Å². The van der Waals surface area contributed by atoms with E-state index in [-0.39, 0.29) is 5.91 Å². The van der Waals surface area contributed by atoms with Crippen molar-refractivity contribution in [2.45, 2.75) is 19.9 Å². The number of carbonyl (C=O) groups is 1. The van der Waals surface area contributed by atoms with E-state index in [4.69, 9.17) is 0 Å². The SMILES string of the molecule is CCCNCC(=O)NCc1ccn[nH]1. The summed E-state index contributed by atoms with van der Waals surface area (Å²) < 4.78 is 0. The minimum atomic E-state index is 0.00745. The molecule has 5 heteroatoms. The number of H-pyrrole nitrogens is 1. The quantitative estimate of drug-likeness (QED) is 0.562. The fourth-order valence-electron chi connectivity index (χ4n) is 1.02. The molecule has 3 N–H and O–H groups in total. The number of nitrogens with zero attached hydrogens (tertiary/aromatic N) is 1. The molecule has 0 unspecified atom stereocenters. The summed E-state index contributed by atoms with van der Waals surface area (Å²) in [5.41, 5.74) is 0.911. The van der Waals surface area contributed by atoms with Crippen molar-refractivity contribution in [1.82, 2.24) is 20.8 Å². The number of hydrogen-bond acceptors (Lipinski definition) is 3. The second kappa shape index (κ2) is 6.15. The van der Waals surface area contributed by atoms with Crippen LogP contribution < -0.4 is 10.6 Å². The van der Waals surface area contributed by atoms with Gasteiger partial charge in [0.25, 0.3) is 0 Å². The van der Waals surface area contributed by atoms with Crippen molar-refractivity contribution in [3.63, 3.8) is 0 Å². The van der Waals surface area contributed by atoms with Crippen LogP contribution in [0.25, 0.3) is 0 Å². The van der Waals surface area contributed by atoms with E-state index in [0.717, 1.165) is 18.7 Å². The maximum absolute atomic E-state index is 11.2. The summed E-state index contributed by atoms with van der Waals surface area (Å²) in [6, 6.07) is 1.83. The Bertz CT molecular complexity index is 258. The minimum absolute atomic E-state index is 0.00745. The maximum Gasteiger partial charge on any atom is 0.234 e. The molecule has 78 valence electrons. The highest BCUT2D eigenvalue weighted by Gasteiger charge is 1.99. The fourth-order valence-corrected chi connectivity index (χ4v) is 1.02. The fraction of sp³-hybridized carbons (Fsp3) is 0.556. The van der Waals surface area contributed by atoms with E-state index in [0.29, 0.717) is 13.1 Å². The molecule has 1 aromatic rings. The molecule has 5 nitrogen and oxygen atoms in total. The predicted octanol–water partition coefficient (Wildman–Crippen LogP) is 0.0255. The minimum Gasteiger partial charge on any atom is -0.349 e. The molecule has 0 aliphatic heterocycles. The number of amides is 1. The van der Waals surface area contributed by atoms with Crippen molar-refractivity contribution in [2.75, 3.05) is 13.1 Å². The van der Waals surface area contributed by atoms with Crippen LogP contribution in [0.1, 0.15) is 19.0 Å². The monoisotopic (exact) mass is 196 g/mol. The van der Waals surface area contributed by atoms with Gasteiger partial charge in [-0.25, -0.2) is 0 Å². The van der Waals surface area contributed by atoms with E-state index in [1.807, 2.05) is 6.07 Å². The molecule has 1 aromatic heterocycles. The lowest BCUT2D eigenvalue weighted by molar-refractivity contribution is -0.120. The van der Waals surface area contributed by atoms with Gasteiger partial charge in [-0.3, -0.25) is 9.89 Å². The van der Waals surface area contributed by atoms with Gasteiger partial charge >= 0.3 is 0 Å². The molecule has 0 radical (unpaired) electrons. The Labute approximate surface area is 83.3 Å². The molecule has 0 aliphatic rings. The van der Waals surface area contributed by atoms with Crippen molar-refractivity contribution in [1.29, 1.82) is 0 Å². The molecule has 0 aromatic carbocycles. The summed E-state index contributed by atoms with van der Waals surface area (Å²) in [6.07, 6.45) is 2.70. The highest BCUT2D eigenvalue weighted by Crippen LogP contribution is 1.88. The lowest BCUT2D eigenvalue weighted by Crippen LogP contribution is -2.33. The molecule has 0 aliphatic carbocycles. The average molecular weight is 196 g/mol. The Balaban J connectivity index is 2.09. The van der Waals surface area contributed by atoms with E-state index in [1.165, 1.54) is 0 Å². The zero-order valence-electron chi connectivity index (χ0n) is 8.34. The van der Waals surface area contributed by atoms with E-state index in [2.05, 4.69) is 27.8 Å². The Morgan fingerprint density at radius 3 is 3.14 bits per heavy atom. The standard InChI is InChI=1S/C9H16N4O/c1-2-4-10-7-9(14)11-6-8-3-5-12-13-8/h3,5,10H,2,4,6-7H2,1H3,(H,11,14)(H,12,13). The number of aromatic nitrogens is 2. The summed E-state index contributed by atoms with van der Waals surface area (Å²) in [4.78, 5) is 11.2. The summed E-state index contributed by atoms with van der Waals surface area (Å²) in [7, 11) is 0. The van der Waals surface area contributed by atoms with Gasteiger partial charge in [0, 0.05) is 6.20 Å². The molecule has 1 amide bonds. The summed E-state index contributed by atoms with van der Waals surface area (Å²) in [5, 5.41) is 12.4. The second-order valence-electron chi connectivity index (χ2n) is 3.04. The molecular formula is C9H16N4O. The van der Waals surface area contributed by atoms with Crippen molar-refractivity contribution >= 4 is 5.91 Å². The number of aromatic amines is 1. The van der Waals surface area contributed by atoms with Gasteiger partial charge in [0.05, 0.1) is 18.8 Å². The maximum atomic E-state index is 11.2. The molecule has 0 fully saturated rings. The van der Waals surface area contributed by atoms with E-state index < -0.39 is 0 Å². The van der Waals surface area contributed by atoms with Gasteiger partial charge in [-0.1, -0.05) is 6.92 Å². The first-order valence-electron chi connectivity index (χ1n) is 4.78. The first-order chi connectivity index (χ1) is 6.83. The third-order valence-corrected chi connectivity index (χ3v) is 1.75. The normalized spacial score (nSPS) is 10.1. The van der Waals surface area contributed by atoms with Gasteiger partial charge in [-0.15, -0.1) is 0 Å². The Kier molecular flexibility index (Phi) is 4.71. The lowest BCUT2D eigenvalue weighted by atomic mass is 10.4. The molecular weight excluding hydrogens is 180 g/mol. The zero-order chi connectivity index (χ0) is 10.2. The average Bonchev–Trinajstić information content (AvgIpc) is 2.68. The van der Waals surface area contributed by atoms with E-state index in [9.17, 15) is 4.79 Å². The van der Waals surface area contributed by atoms with Gasteiger partial charge in [0.15, 0.2) is 0 Å². The largest absolute Gasteiger partial charge is 0.349 e. The topological polar surface area (TPSA) is 69.8 Å². The lowest BCUT2D eigenvalue weighted by Gasteiger charge is -2.04. The van der Waals surface area contributed by atoms with Crippen LogP contribution in [-0.4, -0.2) is 29.2 Å². The first kappa shape index (κ1) is 10.7. The third-order valence-electron chi connectivity index (χ3n) is 1.75. The molecule has 0 bridgehead atoms. The van der Waals surface area contributed by atoms with Gasteiger partial charge in [-0.05, 0) is 19.0 Å².